The van der Waals surface area contributed by atoms with E-state index in [0.29, 0.717) is 11.5 Å². The maximum atomic E-state index is 13.9. The fourth-order valence-electron chi connectivity index (χ4n) is 3.28. The molecular weight excluding hydrogens is 265 g/mol. The molecule has 0 spiro atoms. The van der Waals surface area contributed by atoms with Gasteiger partial charge in [-0.3, -0.25) is 0 Å². The van der Waals surface area contributed by atoms with Crippen molar-refractivity contribution in [3.05, 3.63) is 46.9 Å². The van der Waals surface area contributed by atoms with E-state index in [-0.39, 0.29) is 11.9 Å². The Bertz CT molecular complexity index is 691. The third-order valence-corrected chi connectivity index (χ3v) is 4.84. The van der Waals surface area contributed by atoms with Crippen LogP contribution in [0.5, 0.6) is 0 Å². The zero-order valence-corrected chi connectivity index (χ0v) is 12.4. The summed E-state index contributed by atoms with van der Waals surface area (Å²) in [5.74, 6) is 2.30. The zero-order valence-electron chi connectivity index (χ0n) is 12.4. The number of hydrogen-bond acceptors (Lipinski definition) is 2. The van der Waals surface area contributed by atoms with Gasteiger partial charge in [0.15, 0.2) is 0 Å². The number of aromatic nitrogens is 2. The first kappa shape index (κ1) is 12.9. The molecule has 1 aliphatic heterocycles. The van der Waals surface area contributed by atoms with E-state index in [2.05, 4.69) is 18.3 Å². The van der Waals surface area contributed by atoms with Gasteiger partial charge in [-0.15, -0.1) is 0 Å². The van der Waals surface area contributed by atoms with Gasteiger partial charge in [0.05, 0.1) is 11.7 Å². The van der Waals surface area contributed by atoms with Gasteiger partial charge < -0.3 is 5.32 Å². The predicted octanol–water partition coefficient (Wildman–Crippen LogP) is 3.86. The van der Waals surface area contributed by atoms with Gasteiger partial charge in [-0.05, 0) is 42.9 Å². The lowest BCUT2D eigenvalue weighted by Crippen LogP contribution is -2.24. The molecule has 1 fully saturated rings. The van der Waals surface area contributed by atoms with Gasteiger partial charge in [0.25, 0.3) is 0 Å². The van der Waals surface area contributed by atoms with Crippen LogP contribution in [0.1, 0.15) is 48.5 Å². The second-order valence-electron chi connectivity index (χ2n) is 6.46. The van der Waals surface area contributed by atoms with Crippen LogP contribution in [0.25, 0.3) is 0 Å². The van der Waals surface area contributed by atoms with Crippen LogP contribution < -0.4 is 5.32 Å². The fraction of sp³-hybridized carbons (Fsp3) is 0.471. The number of rotatable bonds is 2. The van der Waals surface area contributed by atoms with Crippen molar-refractivity contribution >= 4 is 5.82 Å². The Morgan fingerprint density at radius 2 is 2.14 bits per heavy atom. The van der Waals surface area contributed by atoms with Crippen LogP contribution in [0.15, 0.2) is 24.3 Å². The highest BCUT2D eigenvalue weighted by atomic mass is 19.1. The summed E-state index contributed by atoms with van der Waals surface area (Å²) in [7, 11) is 0. The molecule has 2 aromatic rings. The molecule has 0 amide bonds. The van der Waals surface area contributed by atoms with Crippen LogP contribution in [0.4, 0.5) is 10.2 Å². The van der Waals surface area contributed by atoms with Gasteiger partial charge in [-0.1, -0.05) is 19.1 Å². The van der Waals surface area contributed by atoms with E-state index in [0.717, 1.165) is 30.3 Å². The molecule has 1 saturated carbocycles. The lowest BCUT2D eigenvalue weighted by molar-refractivity contribution is 0.474. The van der Waals surface area contributed by atoms with E-state index >= 15 is 0 Å². The van der Waals surface area contributed by atoms with Crippen LogP contribution in [0.2, 0.25) is 0 Å². The number of halogens is 1. The highest BCUT2D eigenvalue weighted by molar-refractivity contribution is 5.43. The van der Waals surface area contributed by atoms with Crippen LogP contribution in [-0.2, 0) is 0 Å². The van der Waals surface area contributed by atoms with Gasteiger partial charge in [0, 0.05) is 18.5 Å². The molecule has 3 atom stereocenters. The van der Waals surface area contributed by atoms with Crippen molar-refractivity contribution in [2.24, 2.45) is 5.92 Å². The summed E-state index contributed by atoms with van der Waals surface area (Å²) in [6.45, 7) is 4.97. The number of nitrogens with zero attached hydrogens (tertiary/aromatic N) is 2. The summed E-state index contributed by atoms with van der Waals surface area (Å²) in [4.78, 5) is 0. The third-order valence-electron chi connectivity index (χ3n) is 4.84. The quantitative estimate of drug-likeness (QED) is 0.908. The zero-order chi connectivity index (χ0) is 14.6. The fourth-order valence-corrected chi connectivity index (χ4v) is 3.28. The van der Waals surface area contributed by atoms with Gasteiger partial charge >= 0.3 is 0 Å². The minimum absolute atomic E-state index is 0.129. The van der Waals surface area contributed by atoms with Gasteiger partial charge in [-0.2, -0.15) is 5.10 Å². The maximum Gasteiger partial charge on any atom is 0.126 e. The van der Waals surface area contributed by atoms with E-state index in [1.807, 2.05) is 16.8 Å². The Hall–Kier alpha value is -1.84. The van der Waals surface area contributed by atoms with Crippen molar-refractivity contribution in [3.8, 4) is 0 Å². The second kappa shape index (κ2) is 4.58. The number of hydrogen-bond donors (Lipinski definition) is 1. The molecule has 1 aromatic heterocycles. The molecule has 1 aromatic carbocycles. The van der Waals surface area contributed by atoms with E-state index < -0.39 is 0 Å². The Balaban J connectivity index is 1.72. The Labute approximate surface area is 124 Å². The largest absolute Gasteiger partial charge is 0.370 e. The Morgan fingerprint density at radius 1 is 1.33 bits per heavy atom. The highest BCUT2D eigenvalue weighted by Gasteiger charge is 2.37. The molecule has 4 heteroatoms. The van der Waals surface area contributed by atoms with Crippen molar-refractivity contribution < 1.29 is 4.39 Å². The maximum absolute atomic E-state index is 13.9. The minimum Gasteiger partial charge on any atom is -0.370 e. The number of anilines is 1. The average molecular weight is 285 g/mol. The first-order valence-electron chi connectivity index (χ1n) is 7.73. The Kier molecular flexibility index (Phi) is 2.81. The summed E-state index contributed by atoms with van der Waals surface area (Å²) in [5.41, 5.74) is 2.89. The van der Waals surface area contributed by atoms with Crippen molar-refractivity contribution in [1.29, 1.82) is 0 Å². The SMILES string of the molecule is Cc1ccc(C2CCNc3cc(C4CC4C)nn32)cc1F. The van der Waals surface area contributed by atoms with Crippen LogP contribution in [-0.4, -0.2) is 16.3 Å². The molecule has 2 heterocycles. The molecule has 3 nitrogen and oxygen atoms in total. The molecule has 4 rings (SSSR count). The lowest BCUT2D eigenvalue weighted by Gasteiger charge is -2.26. The molecule has 0 saturated heterocycles. The smallest absolute Gasteiger partial charge is 0.126 e. The normalized spacial score (nSPS) is 27.1. The van der Waals surface area contributed by atoms with E-state index in [1.54, 1.807) is 13.0 Å². The molecule has 2 aliphatic rings. The summed E-state index contributed by atoms with van der Waals surface area (Å²) >= 11 is 0. The summed E-state index contributed by atoms with van der Waals surface area (Å²) in [5, 5.41) is 8.22. The van der Waals surface area contributed by atoms with E-state index in [4.69, 9.17) is 5.10 Å². The van der Waals surface area contributed by atoms with Crippen LogP contribution in [0, 0.1) is 18.7 Å². The molecule has 0 bridgehead atoms. The third kappa shape index (κ3) is 2.13. The number of aryl methyl sites for hydroxylation is 1. The first-order valence-corrected chi connectivity index (χ1v) is 7.73. The average Bonchev–Trinajstić information content (AvgIpc) is 3.04. The second-order valence-corrected chi connectivity index (χ2v) is 6.46. The molecule has 1 aliphatic carbocycles. The predicted molar refractivity (Wildman–Crippen MR) is 81.1 cm³/mol. The van der Waals surface area contributed by atoms with Gasteiger partial charge in [0.1, 0.15) is 11.6 Å². The van der Waals surface area contributed by atoms with Gasteiger partial charge in [-0.25, -0.2) is 9.07 Å². The van der Waals surface area contributed by atoms with E-state index in [1.165, 1.54) is 12.1 Å². The molecule has 0 radical (unpaired) electrons. The first-order chi connectivity index (χ1) is 10.1. The lowest BCUT2D eigenvalue weighted by atomic mass is 10.0. The highest BCUT2D eigenvalue weighted by Crippen LogP contribution is 2.47. The van der Waals surface area contributed by atoms with Crippen molar-refractivity contribution in [2.45, 2.75) is 38.6 Å². The topological polar surface area (TPSA) is 29.9 Å². The molecule has 1 N–H and O–H groups in total. The van der Waals surface area contributed by atoms with Crippen molar-refractivity contribution in [3.63, 3.8) is 0 Å². The summed E-state index contributed by atoms with van der Waals surface area (Å²) in [6, 6.07) is 7.86. The number of nitrogens with one attached hydrogen (secondary N) is 1. The summed E-state index contributed by atoms with van der Waals surface area (Å²) < 4.78 is 15.9. The van der Waals surface area contributed by atoms with E-state index in [9.17, 15) is 4.39 Å². The molecule has 21 heavy (non-hydrogen) atoms. The van der Waals surface area contributed by atoms with Crippen LogP contribution >= 0.6 is 0 Å². The molecule has 3 unspecified atom stereocenters. The van der Waals surface area contributed by atoms with Gasteiger partial charge in [0.2, 0.25) is 0 Å². The number of fused-ring (bicyclic) bond motifs is 1. The minimum atomic E-state index is -0.129. The summed E-state index contributed by atoms with van der Waals surface area (Å²) in [6.07, 6.45) is 2.18. The number of benzene rings is 1. The van der Waals surface area contributed by atoms with Crippen molar-refractivity contribution in [1.82, 2.24) is 9.78 Å². The van der Waals surface area contributed by atoms with Crippen LogP contribution in [0.3, 0.4) is 0 Å². The van der Waals surface area contributed by atoms with Crippen molar-refractivity contribution in [2.75, 3.05) is 11.9 Å². The molecule has 110 valence electrons. The Morgan fingerprint density at radius 3 is 2.86 bits per heavy atom. The standard InChI is InChI=1S/C17H20FN3/c1-10-3-4-12(8-14(10)18)16-5-6-19-17-9-15(20-21(16)17)13-7-11(13)2/h3-4,8-9,11,13,16,19H,5-7H2,1-2H3. The monoisotopic (exact) mass is 285 g/mol. The molecular formula is C17H20FN3.